The first-order valence-electron chi connectivity index (χ1n) is 7.08. The lowest BCUT2D eigenvalue weighted by molar-refractivity contribution is 0.242. The molecule has 2 atom stereocenters. The van der Waals surface area contributed by atoms with Crippen molar-refractivity contribution in [1.29, 1.82) is 0 Å². The predicted molar refractivity (Wildman–Crippen MR) is 70.3 cm³/mol. The summed E-state index contributed by atoms with van der Waals surface area (Å²) in [6.07, 6.45) is 8.06. The maximum absolute atomic E-state index is 9.01. The molecule has 1 saturated heterocycles. The molecular weight excluding hydrogens is 226 g/mol. The van der Waals surface area contributed by atoms with E-state index < -0.39 is 0 Å². The second kappa shape index (κ2) is 5.22. The van der Waals surface area contributed by atoms with Gasteiger partial charge in [-0.15, -0.1) is 5.10 Å². The van der Waals surface area contributed by atoms with E-state index in [4.69, 9.17) is 5.11 Å². The molecule has 1 aliphatic heterocycles. The van der Waals surface area contributed by atoms with Crippen molar-refractivity contribution in [3.05, 3.63) is 17.8 Å². The van der Waals surface area contributed by atoms with Gasteiger partial charge >= 0.3 is 0 Å². The van der Waals surface area contributed by atoms with Crippen LogP contribution >= 0.6 is 0 Å². The number of hydrogen-bond acceptors (Lipinski definition) is 4. The summed E-state index contributed by atoms with van der Waals surface area (Å²) in [7, 11) is 0. The fourth-order valence-corrected chi connectivity index (χ4v) is 3.50. The SMILES string of the molecule is OCc1ccc(N2CCCC3CCCCC32)nn1. The van der Waals surface area contributed by atoms with Gasteiger partial charge < -0.3 is 10.0 Å². The average molecular weight is 247 g/mol. The van der Waals surface area contributed by atoms with Crippen molar-refractivity contribution < 1.29 is 5.11 Å². The molecule has 2 aliphatic rings. The van der Waals surface area contributed by atoms with Crippen molar-refractivity contribution in [2.75, 3.05) is 11.4 Å². The zero-order valence-corrected chi connectivity index (χ0v) is 10.8. The van der Waals surface area contributed by atoms with Crippen LogP contribution < -0.4 is 4.90 Å². The fourth-order valence-electron chi connectivity index (χ4n) is 3.50. The van der Waals surface area contributed by atoms with E-state index in [1.54, 1.807) is 0 Å². The lowest BCUT2D eigenvalue weighted by Gasteiger charge is -2.44. The molecule has 4 heteroatoms. The molecule has 0 aromatic carbocycles. The Hall–Kier alpha value is -1.16. The maximum Gasteiger partial charge on any atom is 0.151 e. The normalized spacial score (nSPS) is 27.9. The smallest absolute Gasteiger partial charge is 0.151 e. The van der Waals surface area contributed by atoms with Crippen LogP contribution in [0.2, 0.25) is 0 Å². The van der Waals surface area contributed by atoms with Gasteiger partial charge in [-0.05, 0) is 43.7 Å². The van der Waals surface area contributed by atoms with Crippen LogP contribution in [0.25, 0.3) is 0 Å². The Morgan fingerprint density at radius 3 is 2.72 bits per heavy atom. The molecule has 0 radical (unpaired) electrons. The first-order chi connectivity index (χ1) is 8.88. The van der Waals surface area contributed by atoms with E-state index in [1.807, 2.05) is 12.1 Å². The molecule has 1 saturated carbocycles. The third-order valence-electron chi connectivity index (χ3n) is 4.41. The Balaban J connectivity index is 1.80. The minimum atomic E-state index is -0.0284. The van der Waals surface area contributed by atoms with Crippen molar-refractivity contribution in [1.82, 2.24) is 10.2 Å². The first-order valence-corrected chi connectivity index (χ1v) is 7.08. The summed E-state index contributed by atoms with van der Waals surface area (Å²) >= 11 is 0. The second-order valence-electron chi connectivity index (χ2n) is 5.49. The summed E-state index contributed by atoms with van der Waals surface area (Å²) in [6, 6.07) is 4.56. The quantitative estimate of drug-likeness (QED) is 0.869. The number of nitrogens with zero attached hydrogens (tertiary/aromatic N) is 3. The highest BCUT2D eigenvalue weighted by Crippen LogP contribution is 2.36. The standard InChI is InChI=1S/C14H21N3O/c18-10-12-7-8-14(16-15-12)17-9-3-5-11-4-1-2-6-13(11)17/h7-8,11,13,18H,1-6,9-10H2. The Labute approximate surface area is 108 Å². The van der Waals surface area contributed by atoms with Crippen molar-refractivity contribution in [3.8, 4) is 0 Å². The Kier molecular flexibility index (Phi) is 3.46. The highest BCUT2D eigenvalue weighted by Gasteiger charge is 2.33. The number of aliphatic hydroxyl groups excluding tert-OH is 1. The summed E-state index contributed by atoms with van der Waals surface area (Å²) in [5, 5.41) is 17.4. The zero-order chi connectivity index (χ0) is 12.4. The van der Waals surface area contributed by atoms with Gasteiger partial charge in [0.05, 0.1) is 12.3 Å². The highest BCUT2D eigenvalue weighted by molar-refractivity contribution is 5.40. The zero-order valence-electron chi connectivity index (χ0n) is 10.8. The fraction of sp³-hybridized carbons (Fsp3) is 0.714. The first kappa shape index (κ1) is 11.9. The Bertz CT molecular complexity index is 391. The van der Waals surface area contributed by atoms with Crippen LogP contribution in [-0.2, 0) is 6.61 Å². The van der Waals surface area contributed by atoms with E-state index in [0.717, 1.165) is 18.3 Å². The molecule has 0 spiro atoms. The van der Waals surface area contributed by atoms with Gasteiger partial charge in [0.1, 0.15) is 0 Å². The van der Waals surface area contributed by atoms with Gasteiger partial charge in [0.15, 0.2) is 5.82 Å². The van der Waals surface area contributed by atoms with Gasteiger partial charge in [-0.1, -0.05) is 12.8 Å². The van der Waals surface area contributed by atoms with Gasteiger partial charge in [-0.2, -0.15) is 5.10 Å². The van der Waals surface area contributed by atoms with E-state index in [2.05, 4.69) is 15.1 Å². The molecule has 98 valence electrons. The van der Waals surface area contributed by atoms with E-state index in [-0.39, 0.29) is 6.61 Å². The summed E-state index contributed by atoms with van der Waals surface area (Å²) in [5.74, 6) is 1.84. The third kappa shape index (κ3) is 2.21. The molecule has 2 fully saturated rings. The summed E-state index contributed by atoms with van der Waals surface area (Å²) < 4.78 is 0. The van der Waals surface area contributed by atoms with E-state index in [0.29, 0.717) is 11.7 Å². The summed E-state index contributed by atoms with van der Waals surface area (Å²) in [5.41, 5.74) is 0.649. The van der Waals surface area contributed by atoms with Crippen molar-refractivity contribution in [3.63, 3.8) is 0 Å². The molecule has 1 N–H and O–H groups in total. The van der Waals surface area contributed by atoms with Gasteiger partial charge in [0.25, 0.3) is 0 Å². The predicted octanol–water partition coefficient (Wildman–Crippen LogP) is 2.13. The lowest BCUT2D eigenvalue weighted by atomic mass is 9.78. The number of aromatic nitrogens is 2. The van der Waals surface area contributed by atoms with Crippen LogP contribution in [0.1, 0.15) is 44.2 Å². The number of hydrogen-bond donors (Lipinski definition) is 1. The number of rotatable bonds is 2. The number of piperidine rings is 1. The Morgan fingerprint density at radius 2 is 1.94 bits per heavy atom. The largest absolute Gasteiger partial charge is 0.390 e. The van der Waals surface area contributed by atoms with E-state index in [1.165, 1.54) is 38.5 Å². The van der Waals surface area contributed by atoms with E-state index in [9.17, 15) is 0 Å². The number of fused-ring (bicyclic) bond motifs is 1. The van der Waals surface area contributed by atoms with Gasteiger partial charge in [-0.25, -0.2) is 0 Å². The van der Waals surface area contributed by atoms with Crippen LogP contribution in [0.5, 0.6) is 0 Å². The minimum absolute atomic E-state index is 0.0284. The molecule has 0 amide bonds. The van der Waals surface area contributed by atoms with E-state index >= 15 is 0 Å². The molecule has 1 aliphatic carbocycles. The monoisotopic (exact) mass is 247 g/mol. The molecule has 4 nitrogen and oxygen atoms in total. The maximum atomic E-state index is 9.01. The molecule has 1 aromatic rings. The van der Waals surface area contributed by atoms with Gasteiger partial charge in [0, 0.05) is 12.6 Å². The van der Waals surface area contributed by atoms with Crippen LogP contribution in [-0.4, -0.2) is 27.9 Å². The van der Waals surface area contributed by atoms with Crippen LogP contribution in [0.3, 0.4) is 0 Å². The highest BCUT2D eigenvalue weighted by atomic mass is 16.3. The third-order valence-corrected chi connectivity index (χ3v) is 4.41. The molecule has 2 heterocycles. The van der Waals surface area contributed by atoms with Gasteiger partial charge in [0.2, 0.25) is 0 Å². The van der Waals surface area contributed by atoms with Crippen molar-refractivity contribution in [2.45, 2.75) is 51.2 Å². The minimum Gasteiger partial charge on any atom is -0.390 e. The summed E-state index contributed by atoms with van der Waals surface area (Å²) in [4.78, 5) is 2.45. The van der Waals surface area contributed by atoms with Gasteiger partial charge in [-0.3, -0.25) is 0 Å². The Morgan fingerprint density at radius 1 is 1.11 bits per heavy atom. The molecular formula is C14H21N3O. The number of aliphatic hydroxyl groups is 1. The molecule has 18 heavy (non-hydrogen) atoms. The molecule has 2 unspecified atom stereocenters. The lowest BCUT2D eigenvalue weighted by Crippen LogP contribution is -2.47. The number of anilines is 1. The van der Waals surface area contributed by atoms with Crippen LogP contribution in [0.15, 0.2) is 12.1 Å². The molecule has 1 aromatic heterocycles. The molecule has 3 rings (SSSR count). The second-order valence-corrected chi connectivity index (χ2v) is 5.49. The average Bonchev–Trinajstić information content (AvgIpc) is 2.47. The summed E-state index contributed by atoms with van der Waals surface area (Å²) in [6.45, 7) is 1.08. The molecule has 0 bridgehead atoms. The van der Waals surface area contributed by atoms with Crippen molar-refractivity contribution in [2.24, 2.45) is 5.92 Å². The van der Waals surface area contributed by atoms with Crippen LogP contribution in [0.4, 0.5) is 5.82 Å². The topological polar surface area (TPSA) is 49.2 Å². The van der Waals surface area contributed by atoms with Crippen LogP contribution in [0, 0.1) is 5.92 Å². The van der Waals surface area contributed by atoms with Crippen molar-refractivity contribution >= 4 is 5.82 Å².